The third kappa shape index (κ3) is 3.60. The van der Waals surface area contributed by atoms with E-state index in [9.17, 15) is 4.39 Å². The second-order valence-electron chi connectivity index (χ2n) is 4.65. The summed E-state index contributed by atoms with van der Waals surface area (Å²) < 4.78 is 13.4. The van der Waals surface area contributed by atoms with Crippen LogP contribution in [0.5, 0.6) is 0 Å². The summed E-state index contributed by atoms with van der Waals surface area (Å²) in [6.07, 6.45) is 1.17. The van der Waals surface area contributed by atoms with Crippen LogP contribution >= 0.6 is 0 Å². The number of halogens is 1. The van der Waals surface area contributed by atoms with Crippen molar-refractivity contribution < 1.29 is 4.39 Å². The molecule has 1 rings (SSSR count). The van der Waals surface area contributed by atoms with E-state index in [0.29, 0.717) is 11.5 Å². The van der Waals surface area contributed by atoms with E-state index in [1.165, 1.54) is 6.42 Å². The molecule has 90 valence electrons. The van der Waals surface area contributed by atoms with Gasteiger partial charge in [-0.2, -0.15) is 0 Å². The largest absolute Gasteiger partial charge is 0.310 e. The molecule has 1 nitrogen and oxygen atoms in total. The predicted molar refractivity (Wildman–Crippen MR) is 67.0 cm³/mol. The molecule has 1 N–H and O–H groups in total. The average molecular weight is 223 g/mol. The maximum absolute atomic E-state index is 13.4. The number of hydrogen-bond donors (Lipinski definition) is 1. The van der Waals surface area contributed by atoms with Crippen LogP contribution in [0, 0.1) is 18.7 Å². The van der Waals surface area contributed by atoms with Crippen molar-refractivity contribution in [2.24, 2.45) is 5.92 Å². The highest BCUT2D eigenvalue weighted by atomic mass is 19.1. The van der Waals surface area contributed by atoms with Gasteiger partial charge in [-0.3, -0.25) is 0 Å². The predicted octanol–water partition coefficient (Wildman–Crippen LogP) is 3.83. The van der Waals surface area contributed by atoms with Crippen molar-refractivity contribution >= 4 is 0 Å². The van der Waals surface area contributed by atoms with E-state index in [1.807, 2.05) is 12.1 Å². The molecule has 0 aliphatic heterocycles. The van der Waals surface area contributed by atoms with Gasteiger partial charge in [0.15, 0.2) is 0 Å². The number of benzene rings is 1. The minimum atomic E-state index is -0.116. The Bertz CT molecular complexity index is 336. The van der Waals surface area contributed by atoms with Crippen LogP contribution in [-0.2, 0) is 0 Å². The SMILES string of the molecule is CCC(C)CNC(C)c1ccc(C)c(F)c1. The van der Waals surface area contributed by atoms with Crippen molar-refractivity contribution in [2.45, 2.75) is 40.2 Å². The van der Waals surface area contributed by atoms with Gasteiger partial charge in [-0.25, -0.2) is 4.39 Å². The van der Waals surface area contributed by atoms with E-state index in [0.717, 1.165) is 12.1 Å². The van der Waals surface area contributed by atoms with Crippen LogP contribution in [0.2, 0.25) is 0 Å². The molecule has 0 amide bonds. The standard InChI is InChI=1S/C14H22FN/c1-5-10(2)9-16-12(4)13-7-6-11(3)14(15)8-13/h6-8,10,12,16H,5,9H2,1-4H3. The zero-order chi connectivity index (χ0) is 12.1. The third-order valence-electron chi connectivity index (χ3n) is 3.17. The van der Waals surface area contributed by atoms with Gasteiger partial charge in [0.05, 0.1) is 0 Å². The Balaban J connectivity index is 2.59. The summed E-state index contributed by atoms with van der Waals surface area (Å²) in [5.74, 6) is 0.549. The summed E-state index contributed by atoms with van der Waals surface area (Å²) in [5.41, 5.74) is 1.73. The molecule has 0 bridgehead atoms. The van der Waals surface area contributed by atoms with Gasteiger partial charge in [0.25, 0.3) is 0 Å². The van der Waals surface area contributed by atoms with E-state index in [-0.39, 0.29) is 11.9 Å². The van der Waals surface area contributed by atoms with E-state index in [2.05, 4.69) is 26.1 Å². The molecule has 0 heterocycles. The Labute approximate surface area is 98.1 Å². The van der Waals surface area contributed by atoms with Gasteiger partial charge in [-0.15, -0.1) is 0 Å². The maximum atomic E-state index is 13.4. The summed E-state index contributed by atoms with van der Waals surface area (Å²) in [6, 6.07) is 5.67. The molecule has 0 saturated carbocycles. The zero-order valence-corrected chi connectivity index (χ0v) is 10.7. The third-order valence-corrected chi connectivity index (χ3v) is 3.17. The summed E-state index contributed by atoms with van der Waals surface area (Å²) in [6.45, 7) is 9.24. The van der Waals surface area contributed by atoms with Gasteiger partial charge in [0.1, 0.15) is 5.82 Å². The zero-order valence-electron chi connectivity index (χ0n) is 10.7. The molecule has 16 heavy (non-hydrogen) atoms. The summed E-state index contributed by atoms with van der Waals surface area (Å²) in [5, 5.41) is 3.43. The van der Waals surface area contributed by atoms with E-state index in [4.69, 9.17) is 0 Å². The average Bonchev–Trinajstić information content (AvgIpc) is 2.29. The van der Waals surface area contributed by atoms with Gasteiger partial charge in [0, 0.05) is 6.04 Å². The Hall–Kier alpha value is -0.890. The van der Waals surface area contributed by atoms with Gasteiger partial charge >= 0.3 is 0 Å². The molecule has 1 aromatic carbocycles. The minimum absolute atomic E-state index is 0.116. The fraction of sp³-hybridized carbons (Fsp3) is 0.571. The van der Waals surface area contributed by atoms with Gasteiger partial charge in [-0.1, -0.05) is 32.4 Å². The lowest BCUT2D eigenvalue weighted by Gasteiger charge is -2.17. The highest BCUT2D eigenvalue weighted by Gasteiger charge is 2.08. The lowest BCUT2D eigenvalue weighted by atomic mass is 10.0. The molecule has 0 spiro atoms. The van der Waals surface area contributed by atoms with Crippen molar-refractivity contribution in [1.82, 2.24) is 5.32 Å². The van der Waals surface area contributed by atoms with Gasteiger partial charge in [-0.05, 0) is 43.5 Å². The normalized spacial score (nSPS) is 14.8. The molecule has 2 heteroatoms. The fourth-order valence-electron chi connectivity index (χ4n) is 1.52. The Kier molecular flexibility index (Phi) is 4.94. The van der Waals surface area contributed by atoms with Crippen LogP contribution < -0.4 is 5.32 Å². The number of rotatable bonds is 5. The molecule has 0 aliphatic carbocycles. The molecular formula is C14H22FN. The van der Waals surface area contributed by atoms with E-state index >= 15 is 0 Å². The summed E-state index contributed by atoms with van der Waals surface area (Å²) >= 11 is 0. The van der Waals surface area contributed by atoms with Gasteiger partial charge in [0.2, 0.25) is 0 Å². The molecule has 1 aromatic rings. The van der Waals surface area contributed by atoms with Crippen LogP contribution in [0.4, 0.5) is 4.39 Å². The molecular weight excluding hydrogens is 201 g/mol. The second kappa shape index (κ2) is 6.00. The smallest absolute Gasteiger partial charge is 0.126 e. The Morgan fingerprint density at radius 3 is 2.56 bits per heavy atom. The Morgan fingerprint density at radius 2 is 2.00 bits per heavy atom. The van der Waals surface area contributed by atoms with Crippen LogP contribution in [0.15, 0.2) is 18.2 Å². The van der Waals surface area contributed by atoms with Crippen LogP contribution in [0.25, 0.3) is 0 Å². The molecule has 0 aromatic heterocycles. The number of aryl methyl sites for hydroxylation is 1. The molecule has 0 aliphatic rings. The first-order valence-electron chi connectivity index (χ1n) is 6.04. The summed E-state index contributed by atoms with van der Waals surface area (Å²) in [4.78, 5) is 0. The second-order valence-corrected chi connectivity index (χ2v) is 4.65. The van der Waals surface area contributed by atoms with Crippen molar-refractivity contribution in [3.8, 4) is 0 Å². The Morgan fingerprint density at radius 1 is 1.31 bits per heavy atom. The molecule has 0 fully saturated rings. The number of nitrogens with one attached hydrogen (secondary N) is 1. The number of hydrogen-bond acceptors (Lipinski definition) is 1. The molecule has 0 saturated heterocycles. The minimum Gasteiger partial charge on any atom is -0.310 e. The van der Waals surface area contributed by atoms with Crippen molar-refractivity contribution in [3.05, 3.63) is 35.1 Å². The monoisotopic (exact) mass is 223 g/mol. The van der Waals surface area contributed by atoms with Crippen LogP contribution in [-0.4, -0.2) is 6.54 Å². The molecule has 2 unspecified atom stereocenters. The molecule has 0 radical (unpaired) electrons. The molecule has 2 atom stereocenters. The van der Waals surface area contributed by atoms with E-state index in [1.54, 1.807) is 13.0 Å². The lowest BCUT2D eigenvalue weighted by molar-refractivity contribution is 0.459. The van der Waals surface area contributed by atoms with E-state index < -0.39 is 0 Å². The first-order valence-corrected chi connectivity index (χ1v) is 6.04. The highest BCUT2D eigenvalue weighted by Crippen LogP contribution is 2.16. The van der Waals surface area contributed by atoms with Crippen molar-refractivity contribution in [2.75, 3.05) is 6.54 Å². The van der Waals surface area contributed by atoms with Crippen molar-refractivity contribution in [3.63, 3.8) is 0 Å². The first kappa shape index (κ1) is 13.2. The first-order chi connectivity index (χ1) is 7.54. The van der Waals surface area contributed by atoms with Crippen LogP contribution in [0.3, 0.4) is 0 Å². The quantitative estimate of drug-likeness (QED) is 0.800. The topological polar surface area (TPSA) is 12.0 Å². The summed E-state index contributed by atoms with van der Waals surface area (Å²) in [7, 11) is 0. The maximum Gasteiger partial charge on any atom is 0.126 e. The lowest BCUT2D eigenvalue weighted by Crippen LogP contribution is -2.24. The highest BCUT2D eigenvalue weighted by molar-refractivity contribution is 5.25. The fourth-order valence-corrected chi connectivity index (χ4v) is 1.52. The van der Waals surface area contributed by atoms with Gasteiger partial charge < -0.3 is 5.32 Å². The van der Waals surface area contributed by atoms with Crippen molar-refractivity contribution in [1.29, 1.82) is 0 Å². The van der Waals surface area contributed by atoms with Crippen LogP contribution in [0.1, 0.15) is 44.4 Å².